The molecule has 19 heavy (non-hydrogen) atoms. The molecule has 0 aliphatic heterocycles. The van der Waals surface area contributed by atoms with E-state index < -0.39 is 0 Å². The maximum absolute atomic E-state index is 4.46. The molecular formula is C13H13N5S. The number of hydrogen-bond donors (Lipinski definition) is 1. The molecule has 3 aromatic heterocycles. The van der Waals surface area contributed by atoms with Crippen LogP contribution in [0, 0.1) is 0 Å². The molecule has 3 heterocycles. The molecule has 1 N–H and O–H groups in total. The van der Waals surface area contributed by atoms with Crippen LogP contribution >= 0.6 is 11.3 Å². The molecule has 0 aliphatic carbocycles. The van der Waals surface area contributed by atoms with Gasteiger partial charge in [0.1, 0.15) is 16.3 Å². The predicted octanol–water partition coefficient (Wildman–Crippen LogP) is 3.04. The Hall–Kier alpha value is -2.08. The Balaban J connectivity index is 1.88. The van der Waals surface area contributed by atoms with Gasteiger partial charge in [-0.25, -0.2) is 15.0 Å². The van der Waals surface area contributed by atoms with Gasteiger partial charge in [-0.2, -0.15) is 0 Å². The molecule has 0 aliphatic rings. The Labute approximate surface area is 114 Å². The highest BCUT2D eigenvalue weighted by Gasteiger charge is 2.12. The molecule has 0 spiro atoms. The van der Waals surface area contributed by atoms with Crippen molar-refractivity contribution < 1.29 is 0 Å². The third kappa shape index (κ3) is 2.53. The highest BCUT2D eigenvalue weighted by molar-refractivity contribution is 7.09. The number of pyridine rings is 1. The van der Waals surface area contributed by atoms with Crippen LogP contribution < -0.4 is 5.32 Å². The highest BCUT2D eigenvalue weighted by Crippen LogP contribution is 2.23. The largest absolute Gasteiger partial charge is 0.361 e. The van der Waals surface area contributed by atoms with Gasteiger partial charge in [-0.15, -0.1) is 11.3 Å². The summed E-state index contributed by atoms with van der Waals surface area (Å²) in [6.45, 7) is 2.12. The highest BCUT2D eigenvalue weighted by atomic mass is 32.1. The zero-order valence-electron chi connectivity index (χ0n) is 10.4. The van der Waals surface area contributed by atoms with Crippen LogP contribution in [0.15, 0.2) is 36.1 Å². The van der Waals surface area contributed by atoms with Crippen LogP contribution in [0.25, 0.3) is 11.2 Å². The second-order valence-corrected chi connectivity index (χ2v) is 5.00. The normalized spacial score (nSPS) is 12.5. The Morgan fingerprint density at radius 3 is 2.84 bits per heavy atom. The number of nitrogens with zero attached hydrogens (tertiary/aromatic N) is 4. The fourth-order valence-electron chi connectivity index (χ4n) is 1.86. The SMILES string of the molecule is CCC(Nc1ccc2nccnc2n1)c1nccs1. The van der Waals surface area contributed by atoms with Crippen molar-refractivity contribution in [3.8, 4) is 0 Å². The molecule has 0 saturated heterocycles. The average Bonchev–Trinajstić information content (AvgIpc) is 2.98. The Bertz CT molecular complexity index is 668. The molecule has 1 unspecified atom stereocenters. The van der Waals surface area contributed by atoms with Crippen LogP contribution in [0.1, 0.15) is 24.4 Å². The molecule has 0 radical (unpaired) electrons. The summed E-state index contributed by atoms with van der Waals surface area (Å²) in [5.74, 6) is 0.801. The van der Waals surface area contributed by atoms with E-state index >= 15 is 0 Å². The fourth-order valence-corrected chi connectivity index (χ4v) is 2.63. The van der Waals surface area contributed by atoms with E-state index in [1.165, 1.54) is 0 Å². The molecule has 6 heteroatoms. The van der Waals surface area contributed by atoms with Crippen LogP contribution in [0.2, 0.25) is 0 Å². The van der Waals surface area contributed by atoms with Gasteiger partial charge in [0.2, 0.25) is 0 Å². The van der Waals surface area contributed by atoms with Crippen LogP contribution in [-0.4, -0.2) is 19.9 Å². The van der Waals surface area contributed by atoms with Gasteiger partial charge < -0.3 is 5.32 Å². The summed E-state index contributed by atoms with van der Waals surface area (Å²) in [5.41, 5.74) is 1.46. The summed E-state index contributed by atoms with van der Waals surface area (Å²) in [4.78, 5) is 17.2. The molecule has 96 valence electrons. The van der Waals surface area contributed by atoms with E-state index in [0.29, 0.717) is 5.65 Å². The molecule has 0 aromatic carbocycles. The van der Waals surface area contributed by atoms with Gasteiger partial charge in [-0.05, 0) is 18.6 Å². The van der Waals surface area contributed by atoms with E-state index in [1.54, 1.807) is 23.7 Å². The smallest absolute Gasteiger partial charge is 0.180 e. The molecule has 3 aromatic rings. The van der Waals surface area contributed by atoms with Gasteiger partial charge in [0, 0.05) is 24.0 Å². The van der Waals surface area contributed by atoms with E-state index in [4.69, 9.17) is 0 Å². The summed E-state index contributed by atoms with van der Waals surface area (Å²) in [6.07, 6.45) is 6.09. The lowest BCUT2D eigenvalue weighted by Crippen LogP contribution is -2.10. The molecule has 1 atom stereocenters. The van der Waals surface area contributed by atoms with Gasteiger partial charge in [0.15, 0.2) is 5.65 Å². The van der Waals surface area contributed by atoms with Crippen molar-refractivity contribution in [2.24, 2.45) is 0 Å². The van der Waals surface area contributed by atoms with Crippen molar-refractivity contribution in [2.75, 3.05) is 5.32 Å². The fraction of sp³-hybridized carbons (Fsp3) is 0.231. The van der Waals surface area contributed by atoms with E-state index in [1.807, 2.05) is 23.7 Å². The van der Waals surface area contributed by atoms with Crippen LogP contribution in [0.5, 0.6) is 0 Å². The van der Waals surface area contributed by atoms with E-state index in [-0.39, 0.29) is 6.04 Å². The zero-order valence-corrected chi connectivity index (χ0v) is 11.3. The van der Waals surface area contributed by atoms with E-state index in [9.17, 15) is 0 Å². The quantitative estimate of drug-likeness (QED) is 0.790. The first kappa shape index (κ1) is 12.0. The molecular weight excluding hydrogens is 258 g/mol. The Morgan fingerprint density at radius 1 is 1.16 bits per heavy atom. The second-order valence-electron chi connectivity index (χ2n) is 4.07. The summed E-state index contributed by atoms with van der Waals surface area (Å²) in [7, 11) is 0. The van der Waals surface area contributed by atoms with Crippen molar-refractivity contribution in [3.63, 3.8) is 0 Å². The summed E-state index contributed by atoms with van der Waals surface area (Å²) < 4.78 is 0. The van der Waals surface area contributed by atoms with Crippen molar-refractivity contribution in [2.45, 2.75) is 19.4 Å². The first-order valence-corrected chi connectivity index (χ1v) is 6.98. The lowest BCUT2D eigenvalue weighted by atomic mass is 10.2. The van der Waals surface area contributed by atoms with E-state index in [2.05, 4.69) is 32.2 Å². The third-order valence-corrected chi connectivity index (χ3v) is 3.70. The van der Waals surface area contributed by atoms with Gasteiger partial charge in [-0.1, -0.05) is 6.92 Å². The van der Waals surface area contributed by atoms with Crippen molar-refractivity contribution in [3.05, 3.63) is 41.1 Å². The van der Waals surface area contributed by atoms with Gasteiger partial charge >= 0.3 is 0 Å². The lowest BCUT2D eigenvalue weighted by molar-refractivity contribution is 0.738. The average molecular weight is 271 g/mol. The van der Waals surface area contributed by atoms with Gasteiger partial charge in [-0.3, -0.25) is 4.98 Å². The molecule has 5 nitrogen and oxygen atoms in total. The topological polar surface area (TPSA) is 63.6 Å². The van der Waals surface area contributed by atoms with Crippen molar-refractivity contribution in [1.82, 2.24) is 19.9 Å². The Kier molecular flexibility index (Phi) is 3.33. The monoisotopic (exact) mass is 271 g/mol. The van der Waals surface area contributed by atoms with Crippen molar-refractivity contribution >= 4 is 28.3 Å². The van der Waals surface area contributed by atoms with E-state index in [0.717, 1.165) is 22.8 Å². The molecule has 0 saturated carbocycles. The number of nitrogens with one attached hydrogen (secondary N) is 1. The summed E-state index contributed by atoms with van der Waals surface area (Å²) in [6, 6.07) is 4.03. The maximum atomic E-state index is 4.46. The van der Waals surface area contributed by atoms with Gasteiger partial charge in [0.25, 0.3) is 0 Å². The zero-order chi connectivity index (χ0) is 13.1. The minimum atomic E-state index is 0.182. The van der Waals surface area contributed by atoms with Gasteiger partial charge in [0.05, 0.1) is 6.04 Å². The first-order chi connectivity index (χ1) is 9.36. The number of hydrogen-bond acceptors (Lipinski definition) is 6. The third-order valence-electron chi connectivity index (χ3n) is 2.81. The lowest BCUT2D eigenvalue weighted by Gasteiger charge is -2.15. The number of aromatic nitrogens is 4. The number of fused-ring (bicyclic) bond motifs is 1. The van der Waals surface area contributed by atoms with Crippen molar-refractivity contribution in [1.29, 1.82) is 0 Å². The molecule has 0 amide bonds. The minimum Gasteiger partial charge on any atom is -0.361 e. The van der Waals surface area contributed by atoms with Crippen LogP contribution in [-0.2, 0) is 0 Å². The predicted molar refractivity (Wildman–Crippen MR) is 76.1 cm³/mol. The number of anilines is 1. The standard InChI is InChI=1S/C13H13N5S/c1-2-9(13-16-7-8-19-13)17-11-4-3-10-12(18-11)15-6-5-14-10/h3-9H,2H2,1H3,(H,15,17,18). The summed E-state index contributed by atoms with van der Waals surface area (Å²) >= 11 is 1.65. The summed E-state index contributed by atoms with van der Waals surface area (Å²) in [5, 5.41) is 6.45. The second kappa shape index (κ2) is 5.27. The Morgan fingerprint density at radius 2 is 2.05 bits per heavy atom. The van der Waals surface area contributed by atoms with Crippen LogP contribution in [0.4, 0.5) is 5.82 Å². The van der Waals surface area contributed by atoms with Crippen LogP contribution in [0.3, 0.4) is 0 Å². The maximum Gasteiger partial charge on any atom is 0.180 e. The molecule has 0 fully saturated rings. The molecule has 0 bridgehead atoms. The number of thiazole rings is 1. The number of rotatable bonds is 4. The first-order valence-electron chi connectivity index (χ1n) is 6.10. The molecule has 3 rings (SSSR count). The minimum absolute atomic E-state index is 0.182.